The average molecular weight is 1080 g/mol. The van der Waals surface area contributed by atoms with Crippen LogP contribution < -0.4 is 5.32 Å². The van der Waals surface area contributed by atoms with Gasteiger partial charge >= 0.3 is 0 Å². The Labute approximate surface area is 462 Å². The summed E-state index contributed by atoms with van der Waals surface area (Å²) in [5, 5.41) is 87.2. The van der Waals surface area contributed by atoms with Crippen LogP contribution in [0.5, 0.6) is 0 Å². The van der Waals surface area contributed by atoms with Crippen molar-refractivity contribution in [2.24, 2.45) is 0 Å². The smallest absolute Gasteiger partial charge is 0.220 e. The van der Waals surface area contributed by atoms with Gasteiger partial charge in [0.2, 0.25) is 5.91 Å². The summed E-state index contributed by atoms with van der Waals surface area (Å²) in [6, 6.07) is -0.913. The Morgan fingerprint density at radius 1 is 0.461 bits per heavy atom. The van der Waals surface area contributed by atoms with Gasteiger partial charge in [-0.15, -0.1) is 0 Å². The van der Waals surface area contributed by atoms with E-state index in [0.717, 1.165) is 38.5 Å². The number of aliphatic hydroxyl groups is 8. The molecule has 0 radical (unpaired) electrons. The van der Waals surface area contributed by atoms with Crippen molar-refractivity contribution in [1.82, 2.24) is 5.32 Å². The molecule has 0 saturated carbocycles. The summed E-state index contributed by atoms with van der Waals surface area (Å²) in [6.45, 7) is 2.83. The number of nitrogens with one attached hydrogen (secondary N) is 1. The van der Waals surface area contributed by atoms with Crippen LogP contribution in [0.3, 0.4) is 0 Å². The molecule has 2 rings (SSSR count). The van der Waals surface area contributed by atoms with Gasteiger partial charge in [-0.2, -0.15) is 0 Å². The molecule has 76 heavy (non-hydrogen) atoms. The number of ether oxygens (including phenoxy) is 4. The number of amides is 1. The Kier molecular flexibility index (Phi) is 44.8. The molecule has 0 aromatic carbocycles. The second-order valence-corrected chi connectivity index (χ2v) is 22.5. The van der Waals surface area contributed by atoms with Crippen LogP contribution in [-0.4, -0.2) is 140 Å². The lowest BCUT2D eigenvalue weighted by Gasteiger charge is -2.46. The summed E-state index contributed by atoms with van der Waals surface area (Å²) in [5.74, 6) is -0.237. The summed E-state index contributed by atoms with van der Waals surface area (Å²) < 4.78 is 22.8. The molecule has 2 aliphatic heterocycles. The van der Waals surface area contributed by atoms with Crippen LogP contribution in [0.25, 0.3) is 0 Å². The first-order chi connectivity index (χ1) is 37.1. The largest absolute Gasteiger partial charge is 0.394 e. The third kappa shape index (κ3) is 33.3. The van der Waals surface area contributed by atoms with Crippen LogP contribution in [0.15, 0.2) is 24.3 Å². The predicted molar refractivity (Wildman–Crippen MR) is 305 cm³/mol. The number of hydrogen-bond acceptors (Lipinski definition) is 13. The number of carbonyl (C=O) groups excluding carboxylic acids is 1. The van der Waals surface area contributed by atoms with E-state index >= 15 is 0 Å². The number of hydrogen-bond donors (Lipinski definition) is 9. The molecule has 14 nitrogen and oxygen atoms in total. The summed E-state index contributed by atoms with van der Waals surface area (Å²) in [5.41, 5.74) is 0. The van der Waals surface area contributed by atoms with Gasteiger partial charge in [-0.25, -0.2) is 0 Å². The molecule has 0 spiro atoms. The second kappa shape index (κ2) is 48.2. The summed E-state index contributed by atoms with van der Waals surface area (Å²) in [7, 11) is 0. The Morgan fingerprint density at radius 2 is 0.829 bits per heavy atom. The van der Waals surface area contributed by atoms with E-state index in [-0.39, 0.29) is 18.9 Å². The van der Waals surface area contributed by atoms with Crippen LogP contribution in [0.4, 0.5) is 0 Å². The molecule has 1 amide bonds. The van der Waals surface area contributed by atoms with Gasteiger partial charge in [-0.1, -0.05) is 244 Å². The molecular weight excluding hydrogens is 967 g/mol. The molecule has 2 aliphatic rings. The van der Waals surface area contributed by atoms with Gasteiger partial charge in [0.15, 0.2) is 12.6 Å². The fourth-order valence-corrected chi connectivity index (χ4v) is 10.5. The average Bonchev–Trinajstić information content (AvgIpc) is 3.42. The molecule has 2 fully saturated rings. The monoisotopic (exact) mass is 1080 g/mol. The third-order valence-corrected chi connectivity index (χ3v) is 15.6. The highest BCUT2D eigenvalue weighted by atomic mass is 16.7. The summed E-state index contributed by atoms with van der Waals surface area (Å²) in [4.78, 5) is 13.3. The highest BCUT2D eigenvalue weighted by Gasteiger charge is 2.51. The van der Waals surface area contributed by atoms with Crippen LogP contribution >= 0.6 is 0 Å². The molecular formula is C62H117NO13. The molecule has 12 atom stereocenters. The van der Waals surface area contributed by atoms with E-state index in [2.05, 4.69) is 31.3 Å². The van der Waals surface area contributed by atoms with E-state index < -0.39 is 86.8 Å². The van der Waals surface area contributed by atoms with Gasteiger partial charge in [-0.05, 0) is 44.9 Å². The van der Waals surface area contributed by atoms with E-state index in [1.165, 1.54) is 205 Å². The Morgan fingerprint density at radius 3 is 1.25 bits per heavy atom. The van der Waals surface area contributed by atoms with Crippen molar-refractivity contribution >= 4 is 5.91 Å². The maximum Gasteiger partial charge on any atom is 0.220 e. The molecule has 0 bridgehead atoms. The van der Waals surface area contributed by atoms with Crippen molar-refractivity contribution < 1.29 is 64.6 Å². The van der Waals surface area contributed by atoms with Gasteiger partial charge in [0.25, 0.3) is 0 Å². The van der Waals surface area contributed by atoms with E-state index in [1.54, 1.807) is 6.08 Å². The van der Waals surface area contributed by atoms with Gasteiger partial charge in [0.1, 0.15) is 48.8 Å². The quantitative estimate of drug-likeness (QED) is 0.0204. The van der Waals surface area contributed by atoms with Gasteiger partial charge < -0.3 is 65.1 Å². The standard InChI is InChI=1S/C62H117NO13/c1-3-5-7-9-11-13-15-17-19-21-23-24-25-26-28-30-32-34-36-38-40-42-44-46-54(67)63-50(51(66)45-43-41-39-37-35-33-31-29-27-22-20-18-16-14-12-10-8-6-4-2)49-73-61-59(72)57(70)60(53(48-65)75-61)76-62-58(71)56(69)55(68)52(47-64)74-62/h21,23,43,45,50-53,55-62,64-66,68-72H,3-20,22,24-42,44,46-49H2,1-2H3,(H,63,67)/b23-21-,45-43+. The van der Waals surface area contributed by atoms with Crippen molar-refractivity contribution in [2.75, 3.05) is 19.8 Å². The van der Waals surface area contributed by atoms with E-state index in [1.807, 2.05) is 6.08 Å². The maximum absolute atomic E-state index is 13.3. The molecule has 448 valence electrons. The highest BCUT2D eigenvalue weighted by molar-refractivity contribution is 5.76. The van der Waals surface area contributed by atoms with Crippen LogP contribution in [0.2, 0.25) is 0 Å². The van der Waals surface area contributed by atoms with Gasteiger partial charge in [0.05, 0.1) is 32.0 Å². The highest BCUT2D eigenvalue weighted by Crippen LogP contribution is 2.30. The lowest BCUT2D eigenvalue weighted by molar-refractivity contribution is -0.359. The van der Waals surface area contributed by atoms with Gasteiger partial charge in [-0.3, -0.25) is 4.79 Å². The molecule has 9 N–H and O–H groups in total. The van der Waals surface area contributed by atoms with Crippen molar-refractivity contribution in [3.05, 3.63) is 24.3 Å². The van der Waals surface area contributed by atoms with E-state index in [4.69, 9.17) is 18.9 Å². The van der Waals surface area contributed by atoms with Gasteiger partial charge in [0, 0.05) is 6.42 Å². The number of carbonyl (C=O) groups is 1. The van der Waals surface area contributed by atoms with Crippen LogP contribution in [0.1, 0.15) is 271 Å². The number of aliphatic hydroxyl groups excluding tert-OH is 8. The van der Waals surface area contributed by atoms with Crippen LogP contribution in [0, 0.1) is 0 Å². The van der Waals surface area contributed by atoms with Crippen molar-refractivity contribution in [3.8, 4) is 0 Å². The lowest BCUT2D eigenvalue weighted by Crippen LogP contribution is -2.65. The zero-order chi connectivity index (χ0) is 55.3. The number of allylic oxidation sites excluding steroid dienone is 3. The number of unbranched alkanes of at least 4 members (excludes halogenated alkanes) is 36. The second-order valence-electron chi connectivity index (χ2n) is 22.5. The minimum absolute atomic E-state index is 0.237. The van der Waals surface area contributed by atoms with Crippen molar-refractivity contribution in [3.63, 3.8) is 0 Å². The first-order valence-corrected chi connectivity index (χ1v) is 31.6. The fourth-order valence-electron chi connectivity index (χ4n) is 10.5. The first kappa shape index (κ1) is 70.6. The zero-order valence-corrected chi connectivity index (χ0v) is 48.3. The van der Waals surface area contributed by atoms with Crippen LogP contribution in [-0.2, 0) is 23.7 Å². The van der Waals surface area contributed by atoms with Crippen molar-refractivity contribution in [2.45, 2.75) is 344 Å². The summed E-state index contributed by atoms with van der Waals surface area (Å²) >= 11 is 0. The predicted octanol–water partition coefficient (Wildman–Crippen LogP) is 11.2. The molecule has 12 unspecified atom stereocenters. The molecule has 2 heterocycles. The number of rotatable bonds is 51. The molecule has 0 aromatic rings. The normalized spacial score (nSPS) is 25.0. The molecule has 14 heteroatoms. The molecule has 0 aliphatic carbocycles. The minimum Gasteiger partial charge on any atom is -0.394 e. The van der Waals surface area contributed by atoms with E-state index in [0.29, 0.717) is 6.42 Å². The molecule has 0 aromatic heterocycles. The fraction of sp³-hybridized carbons (Fsp3) is 0.919. The Bertz CT molecular complexity index is 1370. The SMILES string of the molecule is CCCCCCCCCC/C=C\CCCCCCCCCCCCCC(=O)NC(COC1OC(CO)C(OC2OC(CO)C(O)C(O)C2O)C(O)C1O)C(O)/C=C/CCCCCCCCCCCCCCCCCCC. The van der Waals surface area contributed by atoms with E-state index in [9.17, 15) is 45.6 Å². The Hall–Kier alpha value is -1.53. The minimum atomic E-state index is -1.79. The molecule has 2 saturated heterocycles. The maximum atomic E-state index is 13.3. The Balaban J connectivity index is 1.74. The third-order valence-electron chi connectivity index (χ3n) is 15.6. The lowest BCUT2D eigenvalue weighted by atomic mass is 9.97. The first-order valence-electron chi connectivity index (χ1n) is 31.6. The topological polar surface area (TPSA) is 228 Å². The summed E-state index contributed by atoms with van der Waals surface area (Å²) in [6.07, 6.45) is 40.7. The zero-order valence-electron chi connectivity index (χ0n) is 48.3. The van der Waals surface area contributed by atoms with Crippen molar-refractivity contribution in [1.29, 1.82) is 0 Å².